The number of thiocarbonyl (C=S) groups is 1. The quantitative estimate of drug-likeness (QED) is 0.331. The fourth-order valence-electron chi connectivity index (χ4n) is 1.39. The van der Waals surface area contributed by atoms with Crippen LogP contribution in [0.2, 0.25) is 0 Å². The minimum Gasteiger partial charge on any atom is -0.507 e. The van der Waals surface area contributed by atoms with E-state index in [1.807, 2.05) is 19.1 Å². The second-order valence-electron chi connectivity index (χ2n) is 3.94. The predicted molar refractivity (Wildman–Crippen MR) is 79.0 cm³/mol. The van der Waals surface area contributed by atoms with Gasteiger partial charge >= 0.3 is 0 Å². The Morgan fingerprint density at radius 1 is 1.39 bits per heavy atom. The topological polar surface area (TPSA) is 56.7 Å². The maximum Gasteiger partial charge on any atom is 0.186 e. The lowest BCUT2D eigenvalue weighted by molar-refractivity contribution is 0.474. The number of phenolic OH excluding ortho intramolecular Hbond substituents is 1. The van der Waals surface area contributed by atoms with Crippen molar-refractivity contribution < 1.29 is 5.11 Å². The molecule has 0 aliphatic carbocycles. The molecule has 1 rings (SSSR count). The van der Waals surface area contributed by atoms with Gasteiger partial charge < -0.3 is 10.4 Å². The van der Waals surface area contributed by atoms with Gasteiger partial charge in [-0.2, -0.15) is 5.10 Å². The van der Waals surface area contributed by atoms with Crippen LogP contribution in [0.25, 0.3) is 0 Å². The lowest BCUT2D eigenvalue weighted by Gasteiger charge is -2.08. The van der Waals surface area contributed by atoms with Crippen LogP contribution >= 0.6 is 12.2 Å². The lowest BCUT2D eigenvalue weighted by Crippen LogP contribution is -2.33. The third-order valence-electron chi connectivity index (χ3n) is 2.43. The number of para-hydroxylation sites is 1. The number of phenols is 1. The van der Waals surface area contributed by atoms with Crippen molar-refractivity contribution in [3.05, 3.63) is 29.8 Å². The highest BCUT2D eigenvalue weighted by molar-refractivity contribution is 7.80. The van der Waals surface area contributed by atoms with Gasteiger partial charge in [0.1, 0.15) is 5.75 Å². The Kier molecular flexibility index (Phi) is 6.14. The van der Waals surface area contributed by atoms with Gasteiger partial charge in [-0.05, 0) is 37.7 Å². The SMILES string of the molecule is CCCCNC(=S)N/N=C(\C)c1ccccc1O. The van der Waals surface area contributed by atoms with Gasteiger partial charge in [0.15, 0.2) is 5.11 Å². The van der Waals surface area contributed by atoms with Crippen molar-refractivity contribution in [2.24, 2.45) is 5.10 Å². The molecular weight excluding hydrogens is 246 g/mol. The third kappa shape index (κ3) is 4.71. The third-order valence-corrected chi connectivity index (χ3v) is 2.67. The van der Waals surface area contributed by atoms with Crippen LogP contribution in [-0.2, 0) is 0 Å². The highest BCUT2D eigenvalue weighted by Gasteiger charge is 2.03. The second kappa shape index (κ2) is 7.66. The molecule has 0 spiro atoms. The number of benzene rings is 1. The summed E-state index contributed by atoms with van der Waals surface area (Å²) in [4.78, 5) is 0. The average molecular weight is 265 g/mol. The number of hydrogen-bond acceptors (Lipinski definition) is 3. The number of rotatable bonds is 5. The first-order valence-corrected chi connectivity index (χ1v) is 6.42. The van der Waals surface area contributed by atoms with E-state index in [1.165, 1.54) is 0 Å². The molecule has 4 nitrogen and oxygen atoms in total. The fourth-order valence-corrected chi connectivity index (χ4v) is 1.54. The van der Waals surface area contributed by atoms with Gasteiger partial charge in [0.2, 0.25) is 0 Å². The Balaban J connectivity index is 2.52. The predicted octanol–water partition coefficient (Wildman–Crippen LogP) is 2.38. The van der Waals surface area contributed by atoms with E-state index >= 15 is 0 Å². The minimum atomic E-state index is 0.213. The van der Waals surface area contributed by atoms with Crippen molar-refractivity contribution in [1.29, 1.82) is 0 Å². The Hall–Kier alpha value is -1.62. The van der Waals surface area contributed by atoms with Crippen LogP contribution in [0.3, 0.4) is 0 Å². The van der Waals surface area contributed by atoms with Crippen LogP contribution in [0.5, 0.6) is 5.75 Å². The minimum absolute atomic E-state index is 0.213. The highest BCUT2D eigenvalue weighted by Crippen LogP contribution is 2.15. The van der Waals surface area contributed by atoms with E-state index in [1.54, 1.807) is 12.1 Å². The van der Waals surface area contributed by atoms with Gasteiger partial charge in [0.25, 0.3) is 0 Å². The van der Waals surface area contributed by atoms with E-state index in [4.69, 9.17) is 12.2 Å². The van der Waals surface area contributed by atoms with E-state index in [-0.39, 0.29) is 5.75 Å². The first kappa shape index (κ1) is 14.4. The molecule has 0 amide bonds. The molecule has 0 heterocycles. The zero-order valence-electron chi connectivity index (χ0n) is 10.7. The number of nitrogens with zero attached hydrogens (tertiary/aromatic N) is 1. The van der Waals surface area contributed by atoms with Gasteiger partial charge in [-0.3, -0.25) is 5.43 Å². The molecule has 0 unspecified atom stereocenters. The fraction of sp³-hybridized carbons (Fsp3) is 0.385. The van der Waals surface area contributed by atoms with Gasteiger partial charge in [0, 0.05) is 12.1 Å². The lowest BCUT2D eigenvalue weighted by atomic mass is 10.1. The van der Waals surface area contributed by atoms with Crippen molar-refractivity contribution in [3.63, 3.8) is 0 Å². The van der Waals surface area contributed by atoms with Crippen molar-refractivity contribution in [2.45, 2.75) is 26.7 Å². The molecule has 1 aromatic rings. The van der Waals surface area contributed by atoms with Crippen LogP contribution in [0, 0.1) is 0 Å². The molecule has 0 saturated carbocycles. The Morgan fingerprint density at radius 2 is 2.11 bits per heavy atom. The van der Waals surface area contributed by atoms with Crippen molar-refractivity contribution >= 4 is 23.0 Å². The molecule has 1 aromatic carbocycles. The summed E-state index contributed by atoms with van der Waals surface area (Å²) in [6, 6.07) is 7.07. The van der Waals surface area contributed by atoms with E-state index < -0.39 is 0 Å². The van der Waals surface area contributed by atoms with E-state index in [0.29, 0.717) is 16.4 Å². The summed E-state index contributed by atoms with van der Waals surface area (Å²) in [7, 11) is 0. The summed E-state index contributed by atoms with van der Waals surface area (Å²) in [5.41, 5.74) is 4.15. The molecule has 0 saturated heterocycles. The number of hydrogen-bond donors (Lipinski definition) is 3. The molecule has 0 aliphatic heterocycles. The molecule has 5 heteroatoms. The molecule has 0 atom stereocenters. The van der Waals surface area contributed by atoms with Gasteiger partial charge in [0.05, 0.1) is 5.71 Å². The standard InChI is InChI=1S/C13H19N3OS/c1-3-4-9-14-13(18)16-15-10(2)11-7-5-6-8-12(11)17/h5-8,17H,3-4,9H2,1-2H3,(H2,14,16,18)/b15-10+. The summed E-state index contributed by atoms with van der Waals surface area (Å²) in [6.07, 6.45) is 2.19. The van der Waals surface area contributed by atoms with Crippen molar-refractivity contribution in [1.82, 2.24) is 10.7 Å². The number of nitrogens with one attached hydrogen (secondary N) is 2. The molecule has 3 N–H and O–H groups in total. The molecule has 0 radical (unpaired) electrons. The van der Waals surface area contributed by atoms with Crippen LogP contribution in [0.4, 0.5) is 0 Å². The van der Waals surface area contributed by atoms with Crippen molar-refractivity contribution in [3.8, 4) is 5.75 Å². The first-order chi connectivity index (χ1) is 8.65. The second-order valence-corrected chi connectivity index (χ2v) is 4.34. The average Bonchev–Trinajstić information content (AvgIpc) is 2.37. The molecule has 0 aliphatic rings. The summed E-state index contributed by atoms with van der Waals surface area (Å²) < 4.78 is 0. The molecular formula is C13H19N3OS. The molecule has 0 fully saturated rings. The largest absolute Gasteiger partial charge is 0.507 e. The van der Waals surface area contributed by atoms with Crippen LogP contribution in [-0.4, -0.2) is 22.5 Å². The summed E-state index contributed by atoms with van der Waals surface area (Å²) in [5.74, 6) is 0.213. The van der Waals surface area contributed by atoms with Crippen molar-refractivity contribution in [2.75, 3.05) is 6.54 Å². The number of unbranched alkanes of at least 4 members (excludes halogenated alkanes) is 1. The summed E-state index contributed by atoms with van der Waals surface area (Å²) >= 11 is 5.08. The Morgan fingerprint density at radius 3 is 2.78 bits per heavy atom. The van der Waals surface area contributed by atoms with Crippen LogP contribution < -0.4 is 10.7 Å². The van der Waals surface area contributed by atoms with Crippen LogP contribution in [0.15, 0.2) is 29.4 Å². The normalized spacial score (nSPS) is 11.1. The first-order valence-electron chi connectivity index (χ1n) is 6.01. The van der Waals surface area contributed by atoms with E-state index in [0.717, 1.165) is 19.4 Å². The molecule has 98 valence electrons. The molecule has 18 heavy (non-hydrogen) atoms. The zero-order valence-corrected chi connectivity index (χ0v) is 11.5. The molecule has 0 bridgehead atoms. The maximum absolute atomic E-state index is 9.66. The van der Waals surface area contributed by atoms with Crippen LogP contribution in [0.1, 0.15) is 32.3 Å². The zero-order chi connectivity index (χ0) is 13.4. The summed E-state index contributed by atoms with van der Waals surface area (Å²) in [6.45, 7) is 4.78. The highest BCUT2D eigenvalue weighted by atomic mass is 32.1. The van der Waals surface area contributed by atoms with Gasteiger partial charge in [-0.1, -0.05) is 25.5 Å². The number of hydrazone groups is 1. The Bertz CT molecular complexity index is 432. The maximum atomic E-state index is 9.66. The van der Waals surface area contributed by atoms with Gasteiger partial charge in [-0.15, -0.1) is 0 Å². The smallest absolute Gasteiger partial charge is 0.186 e. The van der Waals surface area contributed by atoms with Gasteiger partial charge in [-0.25, -0.2) is 0 Å². The van der Waals surface area contributed by atoms with E-state index in [2.05, 4.69) is 22.8 Å². The molecule has 0 aromatic heterocycles. The monoisotopic (exact) mass is 265 g/mol. The van der Waals surface area contributed by atoms with E-state index in [9.17, 15) is 5.11 Å². The number of aromatic hydroxyl groups is 1. The Labute approximate surface area is 113 Å². The summed E-state index contributed by atoms with van der Waals surface area (Å²) in [5, 5.41) is 17.4.